The van der Waals surface area contributed by atoms with Crippen molar-refractivity contribution in [3.05, 3.63) is 148 Å². The van der Waals surface area contributed by atoms with Crippen molar-refractivity contribution in [2.45, 2.75) is 68.4 Å². The van der Waals surface area contributed by atoms with Crippen molar-refractivity contribution < 1.29 is 27.5 Å². The molecule has 4 heterocycles. The molecule has 5 aromatic carbocycles. The van der Waals surface area contributed by atoms with Crippen LogP contribution in [0.5, 0.6) is 0 Å². The summed E-state index contributed by atoms with van der Waals surface area (Å²) in [5, 5.41) is 23.7. The van der Waals surface area contributed by atoms with E-state index in [0.717, 1.165) is 110 Å². The average molecular weight is 1050 g/mol. The molecule has 1 aromatic heterocycles. The molecule has 0 amide bonds. The molecule has 17 heteroatoms. The molecule has 0 spiro atoms. The molecule has 0 saturated carbocycles. The van der Waals surface area contributed by atoms with Crippen molar-refractivity contribution in [3.63, 3.8) is 0 Å². The maximum atomic E-state index is 14.9. The van der Waals surface area contributed by atoms with Crippen LogP contribution in [0.4, 0.5) is 22.7 Å². The van der Waals surface area contributed by atoms with E-state index in [0.29, 0.717) is 45.0 Å². The van der Waals surface area contributed by atoms with Gasteiger partial charge in [0.25, 0.3) is 5.69 Å². The third-order valence-corrected chi connectivity index (χ3v) is 19.6. The number of halogens is 1. The molecule has 0 unspecified atom stereocenters. The lowest BCUT2D eigenvalue weighted by atomic mass is 9.96. The summed E-state index contributed by atoms with van der Waals surface area (Å²) in [7, 11) is -7.30. The second kappa shape index (κ2) is 22.2. The molecule has 72 heavy (non-hydrogen) atoms. The van der Waals surface area contributed by atoms with Crippen LogP contribution in [0.3, 0.4) is 0 Å². The number of rotatable bonds is 17. The topological polar surface area (TPSA) is 142 Å². The number of aliphatic hydroxyl groups is 1. The zero-order chi connectivity index (χ0) is 50.7. The summed E-state index contributed by atoms with van der Waals surface area (Å²) in [6.07, 6.45) is 3.93. The first-order valence-corrected chi connectivity index (χ1v) is 29.7. The summed E-state index contributed by atoms with van der Waals surface area (Å²) in [5.74, 6) is 0.949. The Morgan fingerprint density at radius 2 is 1.49 bits per heavy atom. The fourth-order valence-corrected chi connectivity index (χ4v) is 15.3. The third-order valence-electron chi connectivity index (χ3n) is 14.3. The van der Waals surface area contributed by atoms with Crippen molar-refractivity contribution in [1.82, 2.24) is 9.47 Å². The Labute approximate surface area is 433 Å². The molecule has 0 radical (unpaired) electrons. The van der Waals surface area contributed by atoms with Crippen molar-refractivity contribution in [2.75, 3.05) is 85.4 Å². The minimum Gasteiger partial charge on any atom is -0.393 e. The molecule has 13 nitrogen and oxygen atoms in total. The Bertz CT molecular complexity index is 3030. The third kappa shape index (κ3) is 11.3. The first kappa shape index (κ1) is 51.8. The minimum atomic E-state index is -3.68. The smallest absolute Gasteiger partial charge is 0.326 e. The molecule has 6 aromatic rings. The quantitative estimate of drug-likeness (QED) is 0.0402. The van der Waals surface area contributed by atoms with Crippen molar-refractivity contribution in [1.29, 1.82) is 0 Å². The van der Waals surface area contributed by atoms with Gasteiger partial charge in [0.05, 0.1) is 40.1 Å². The van der Waals surface area contributed by atoms with Crippen LogP contribution in [-0.2, 0) is 25.3 Å². The van der Waals surface area contributed by atoms with E-state index in [9.17, 15) is 28.2 Å². The van der Waals surface area contributed by atoms with Gasteiger partial charge in [-0.15, -0.1) is 11.8 Å². The number of piperidine rings is 1. The van der Waals surface area contributed by atoms with Crippen LogP contribution < -0.4 is 19.8 Å². The zero-order valence-electron chi connectivity index (χ0n) is 41.4. The zero-order valence-corrected chi connectivity index (χ0v) is 44.7. The fraction of sp³-hybridized carbons (Fsp3) is 0.382. The maximum absolute atomic E-state index is 14.9. The van der Waals surface area contributed by atoms with Gasteiger partial charge in [0, 0.05) is 107 Å². The molecular formula is C55H64ClN6O7PS2. The highest BCUT2D eigenvalue weighted by Crippen LogP contribution is 2.56. The Kier molecular flexibility index (Phi) is 15.9. The van der Waals surface area contributed by atoms with Crippen LogP contribution >= 0.6 is 30.9 Å². The van der Waals surface area contributed by atoms with E-state index in [1.165, 1.54) is 12.3 Å². The number of aromatic nitrogens is 1. The van der Waals surface area contributed by atoms with E-state index in [-0.39, 0.29) is 35.3 Å². The molecule has 0 bridgehead atoms. The largest absolute Gasteiger partial charge is 0.393 e. The summed E-state index contributed by atoms with van der Waals surface area (Å²) in [5.41, 5.74) is 7.28. The molecule has 9 rings (SSSR count). The Morgan fingerprint density at radius 3 is 2.14 bits per heavy atom. The summed E-state index contributed by atoms with van der Waals surface area (Å²) >= 11 is 8.06. The van der Waals surface area contributed by atoms with Crippen LogP contribution in [0, 0.1) is 23.0 Å². The van der Waals surface area contributed by atoms with Crippen molar-refractivity contribution in [2.24, 2.45) is 5.92 Å². The number of sulfone groups is 1. The summed E-state index contributed by atoms with van der Waals surface area (Å²) in [6, 6.07) is 38.9. The number of anilines is 3. The number of nitrogens with zero attached hydrogens (tertiary/aromatic N) is 6. The van der Waals surface area contributed by atoms with E-state index in [1.807, 2.05) is 85.8 Å². The average Bonchev–Trinajstić information content (AvgIpc) is 3.94. The summed E-state index contributed by atoms with van der Waals surface area (Å²) in [6.45, 7) is 12.1. The lowest BCUT2D eigenvalue weighted by Crippen LogP contribution is -2.46. The van der Waals surface area contributed by atoms with E-state index < -0.39 is 17.4 Å². The maximum Gasteiger partial charge on any atom is 0.326 e. The monoisotopic (exact) mass is 1050 g/mol. The molecule has 1 N–H and O–H groups in total. The summed E-state index contributed by atoms with van der Waals surface area (Å²) < 4.78 is 51.9. The van der Waals surface area contributed by atoms with E-state index in [1.54, 1.807) is 28.6 Å². The number of nitro benzene ring substituents is 1. The highest BCUT2D eigenvalue weighted by molar-refractivity contribution is 7.99. The van der Waals surface area contributed by atoms with Crippen molar-refractivity contribution >= 4 is 68.8 Å². The van der Waals surface area contributed by atoms with Crippen LogP contribution in [-0.4, -0.2) is 105 Å². The minimum absolute atomic E-state index is 0.00198. The van der Waals surface area contributed by atoms with E-state index in [2.05, 4.69) is 57.4 Å². The van der Waals surface area contributed by atoms with Gasteiger partial charge in [0.1, 0.15) is 0 Å². The highest BCUT2D eigenvalue weighted by Gasteiger charge is 2.41. The van der Waals surface area contributed by atoms with Crippen LogP contribution in [0.25, 0.3) is 22.4 Å². The van der Waals surface area contributed by atoms with E-state index in [4.69, 9.17) is 16.1 Å². The van der Waals surface area contributed by atoms with Gasteiger partial charge in [-0.2, -0.15) is 0 Å². The fourth-order valence-electron chi connectivity index (χ4n) is 10.7. The second-order valence-corrected chi connectivity index (χ2v) is 25.3. The van der Waals surface area contributed by atoms with Gasteiger partial charge in [0.2, 0.25) is 0 Å². The standard InChI is InChI=1S/C55H64ClN6O7PS2/c1-39(2)61-40(3)55(72(4,67)68)53(54(61)42-13-16-45(56)17-14-42)44-9-8-10-48(36-44)59-31-29-58(30-32-59)46-18-20-47(21-19-46)60-33-34-69-70(60,66)50-22-15-43(52(37-50)62(64)65)35-41(38-71-51-11-6-5-7-12-51)23-26-57-27-24-49(63)25-28-57/h5-22,36-37,39,41,49,63H,23-35,38H2,1-4H3/t41-,70-/m0/s1. The number of benzene rings is 5. The first-order chi connectivity index (χ1) is 34.6. The van der Waals surface area contributed by atoms with Gasteiger partial charge in [-0.05, 0) is 137 Å². The number of piperazine rings is 1. The SMILES string of the molecule is Cc1c(S(C)(=O)=O)c(-c2cccc(N3CCN(c4ccc(N5CCO[P@@]5(=O)c5ccc(C[C@H](CCN6CCC(O)CC6)CSc6ccccc6)c([N+](=O)[O-])c5)cc4)CC3)c2)c(-c2ccc(Cl)cc2)n1C(C)C. The number of thioether (sulfide) groups is 1. The highest BCUT2D eigenvalue weighted by atomic mass is 35.5. The lowest BCUT2D eigenvalue weighted by Gasteiger charge is -2.37. The normalized spacial score (nSPS) is 18.6. The van der Waals surface area contributed by atoms with Gasteiger partial charge < -0.3 is 28.9 Å². The number of nitro groups is 1. The Hall–Kier alpha value is -5.12. The molecule has 0 aliphatic carbocycles. The van der Waals surface area contributed by atoms with Gasteiger partial charge in [0.15, 0.2) is 9.84 Å². The molecule has 3 aliphatic rings. The van der Waals surface area contributed by atoms with Crippen LogP contribution in [0.2, 0.25) is 5.02 Å². The first-order valence-electron chi connectivity index (χ1n) is 24.9. The molecule has 2 atom stereocenters. The van der Waals surface area contributed by atoms with Crippen LogP contribution in [0.1, 0.15) is 50.4 Å². The predicted octanol–water partition coefficient (Wildman–Crippen LogP) is 11.2. The number of hydrogen-bond acceptors (Lipinski definition) is 11. The van der Waals surface area contributed by atoms with Gasteiger partial charge in [-0.25, -0.2) is 8.42 Å². The van der Waals surface area contributed by atoms with E-state index >= 15 is 0 Å². The molecular weight excluding hydrogens is 987 g/mol. The van der Waals surface area contributed by atoms with Gasteiger partial charge in [-0.3, -0.25) is 19.3 Å². The molecule has 3 aliphatic heterocycles. The van der Waals surface area contributed by atoms with Gasteiger partial charge in [-0.1, -0.05) is 60.1 Å². The van der Waals surface area contributed by atoms with Gasteiger partial charge >= 0.3 is 7.52 Å². The van der Waals surface area contributed by atoms with Crippen molar-refractivity contribution in [3.8, 4) is 22.4 Å². The Balaban J connectivity index is 0.892. The number of aliphatic hydroxyl groups excluding tert-OH is 1. The molecule has 3 fully saturated rings. The molecule has 380 valence electrons. The number of hydrogen-bond donors (Lipinski definition) is 1. The molecule has 3 saturated heterocycles. The predicted molar refractivity (Wildman–Crippen MR) is 294 cm³/mol. The van der Waals surface area contributed by atoms with Crippen LogP contribution in [0.15, 0.2) is 131 Å². The summed E-state index contributed by atoms with van der Waals surface area (Å²) in [4.78, 5) is 20.9. The second-order valence-electron chi connectivity index (χ2n) is 19.5. The number of likely N-dealkylation sites (tertiary alicyclic amines) is 1. The Morgan fingerprint density at radius 1 is 0.819 bits per heavy atom. The lowest BCUT2D eigenvalue weighted by molar-refractivity contribution is -0.385.